The van der Waals surface area contributed by atoms with E-state index in [2.05, 4.69) is 4.99 Å². The molecule has 194 valence electrons. The lowest BCUT2D eigenvalue weighted by atomic mass is 10.1. The highest BCUT2D eigenvalue weighted by Gasteiger charge is 2.35. The minimum Gasteiger partial charge on any atom is -0.292 e. The van der Waals surface area contributed by atoms with E-state index >= 15 is 0 Å². The van der Waals surface area contributed by atoms with Gasteiger partial charge in [-0.05, 0) is 31.5 Å². The summed E-state index contributed by atoms with van der Waals surface area (Å²) in [6.07, 6.45) is -4.96. The van der Waals surface area contributed by atoms with Gasteiger partial charge in [0.05, 0.1) is 28.7 Å². The minimum atomic E-state index is -4.96. The number of carbonyl (C=O) groups excluding carboxylic acids is 1. The fraction of sp³-hybridized carbons (Fsp3) is 0.250. The van der Waals surface area contributed by atoms with Crippen molar-refractivity contribution in [3.8, 4) is 5.69 Å². The molecule has 0 radical (unpaired) electrons. The van der Waals surface area contributed by atoms with E-state index in [0.29, 0.717) is 0 Å². The highest BCUT2D eigenvalue weighted by Crippen LogP contribution is 2.33. The van der Waals surface area contributed by atoms with Crippen LogP contribution in [0.2, 0.25) is 5.02 Å². The van der Waals surface area contributed by atoms with Gasteiger partial charge in [0, 0.05) is 13.1 Å². The summed E-state index contributed by atoms with van der Waals surface area (Å²) in [6.45, 7) is 4.08. The van der Waals surface area contributed by atoms with Gasteiger partial charge in [-0.15, -0.1) is 0 Å². The zero-order valence-electron chi connectivity index (χ0n) is 19.7. The average molecular weight is 555 g/mol. The predicted molar refractivity (Wildman–Crippen MR) is 133 cm³/mol. The smallest absolute Gasteiger partial charge is 0.292 e. The third kappa shape index (κ3) is 5.35. The summed E-state index contributed by atoms with van der Waals surface area (Å²) < 4.78 is 54.9. The summed E-state index contributed by atoms with van der Waals surface area (Å²) in [5, 5.41) is 0.0770. The van der Waals surface area contributed by atoms with Crippen molar-refractivity contribution in [1.29, 1.82) is 0 Å². The van der Waals surface area contributed by atoms with E-state index in [1.165, 1.54) is 4.90 Å². The van der Waals surface area contributed by atoms with Gasteiger partial charge in [-0.1, -0.05) is 52.7 Å². The van der Waals surface area contributed by atoms with E-state index in [9.17, 15) is 31.9 Å². The topological polar surface area (TPSA) is 76.7 Å². The van der Waals surface area contributed by atoms with Crippen molar-refractivity contribution in [2.24, 2.45) is 12.0 Å². The van der Waals surface area contributed by atoms with Gasteiger partial charge in [0.25, 0.3) is 5.56 Å². The SMILES string of the molecule is Cc1cc(C)cc(CN2C(=O)CSC2=Nc2cc(-n3c(=O)cc(C(F)(F)F)n(C)c3=O)c(F)cc2Cl)c1. The fourth-order valence-corrected chi connectivity index (χ4v) is 5.07. The first-order chi connectivity index (χ1) is 17.3. The van der Waals surface area contributed by atoms with E-state index in [1.807, 2.05) is 32.0 Å². The molecule has 13 heteroatoms. The van der Waals surface area contributed by atoms with Gasteiger partial charge in [-0.3, -0.25) is 19.1 Å². The maximum absolute atomic E-state index is 14.8. The Bertz CT molecular complexity index is 1560. The van der Waals surface area contributed by atoms with Crippen LogP contribution in [0.15, 0.2) is 51.0 Å². The molecule has 1 aliphatic rings. The number of amidine groups is 1. The Hall–Kier alpha value is -3.38. The molecule has 0 spiro atoms. The van der Waals surface area contributed by atoms with Gasteiger partial charge in [-0.2, -0.15) is 13.2 Å². The van der Waals surface area contributed by atoms with Crippen LogP contribution in [0, 0.1) is 19.7 Å². The molecule has 0 saturated carbocycles. The molecule has 0 unspecified atom stereocenters. The van der Waals surface area contributed by atoms with Crippen LogP contribution in [0.25, 0.3) is 5.69 Å². The summed E-state index contributed by atoms with van der Waals surface area (Å²) in [5.41, 5.74) is -2.06. The molecule has 1 fully saturated rings. The Morgan fingerprint density at radius 1 is 1.03 bits per heavy atom. The summed E-state index contributed by atoms with van der Waals surface area (Å²) in [7, 11) is 0.821. The van der Waals surface area contributed by atoms with Crippen LogP contribution in [0.4, 0.5) is 23.2 Å². The van der Waals surface area contributed by atoms with Crippen LogP contribution in [-0.2, 0) is 24.6 Å². The van der Waals surface area contributed by atoms with Gasteiger partial charge in [0.1, 0.15) is 11.5 Å². The highest BCUT2D eigenvalue weighted by molar-refractivity contribution is 8.15. The zero-order valence-corrected chi connectivity index (χ0v) is 21.3. The Morgan fingerprint density at radius 2 is 1.68 bits per heavy atom. The van der Waals surface area contributed by atoms with Gasteiger partial charge >= 0.3 is 11.9 Å². The molecule has 1 aromatic heterocycles. The maximum atomic E-state index is 14.8. The van der Waals surface area contributed by atoms with Crippen molar-refractivity contribution in [2.75, 3.05) is 5.75 Å². The quantitative estimate of drug-likeness (QED) is 0.437. The fourth-order valence-electron chi connectivity index (χ4n) is 3.99. The van der Waals surface area contributed by atoms with Crippen molar-refractivity contribution in [3.63, 3.8) is 0 Å². The van der Waals surface area contributed by atoms with Gasteiger partial charge in [-0.25, -0.2) is 18.7 Å². The molecule has 1 amide bonds. The number of carbonyl (C=O) groups is 1. The van der Waals surface area contributed by atoms with Gasteiger partial charge in [0.15, 0.2) is 5.17 Å². The van der Waals surface area contributed by atoms with Crippen molar-refractivity contribution in [2.45, 2.75) is 26.6 Å². The summed E-state index contributed by atoms with van der Waals surface area (Å²) in [5.74, 6) is -1.22. The Balaban J connectivity index is 1.80. The number of thioether (sulfide) groups is 1. The van der Waals surface area contributed by atoms with Gasteiger partial charge < -0.3 is 0 Å². The van der Waals surface area contributed by atoms with E-state index in [-0.39, 0.29) is 49.3 Å². The zero-order chi connectivity index (χ0) is 27.2. The Morgan fingerprint density at radius 3 is 2.30 bits per heavy atom. The van der Waals surface area contributed by atoms with E-state index in [1.54, 1.807) is 0 Å². The first-order valence-corrected chi connectivity index (χ1v) is 12.1. The number of aliphatic imine (C=N–C) groups is 1. The minimum absolute atomic E-state index is 0.0745. The molecule has 0 N–H and O–H groups in total. The number of aryl methyl sites for hydroxylation is 2. The third-order valence-corrected chi connectivity index (χ3v) is 6.83. The number of nitrogens with zero attached hydrogens (tertiary/aromatic N) is 4. The number of hydrogen-bond donors (Lipinski definition) is 0. The molecule has 0 atom stereocenters. The van der Waals surface area contributed by atoms with Crippen molar-refractivity contribution < 1.29 is 22.4 Å². The number of aromatic nitrogens is 2. The maximum Gasteiger partial charge on any atom is 0.431 e. The van der Waals surface area contributed by atoms with Crippen molar-refractivity contribution in [3.05, 3.63) is 90.5 Å². The molecule has 0 aliphatic carbocycles. The molecule has 2 aromatic carbocycles. The number of alkyl halides is 3. The summed E-state index contributed by atoms with van der Waals surface area (Å²) in [4.78, 5) is 43.5. The lowest BCUT2D eigenvalue weighted by molar-refractivity contribution is -0.144. The second-order valence-corrected chi connectivity index (χ2v) is 9.81. The first-order valence-electron chi connectivity index (χ1n) is 10.7. The number of hydrogen-bond acceptors (Lipinski definition) is 5. The molecular weight excluding hydrogens is 536 g/mol. The standard InChI is InChI=1S/C24H19ClF4N4O3S/c1-12-4-13(2)6-14(5-12)10-32-21(35)11-37-22(32)30-17-8-18(16(26)7-15(17)25)33-20(34)9-19(24(27,28)29)31(3)23(33)36/h4-9H,10-11H2,1-3H3. The predicted octanol–water partition coefficient (Wildman–Crippen LogP) is 4.73. The van der Waals surface area contributed by atoms with Crippen LogP contribution >= 0.6 is 23.4 Å². The van der Waals surface area contributed by atoms with Crippen LogP contribution in [0.1, 0.15) is 22.4 Å². The number of rotatable bonds is 4. The van der Waals surface area contributed by atoms with Gasteiger partial charge in [0.2, 0.25) is 5.91 Å². The Labute approximate surface area is 217 Å². The molecule has 1 aliphatic heterocycles. The first kappa shape index (κ1) is 26.7. The van der Waals surface area contributed by atoms with E-state index < -0.39 is 34.6 Å². The Kier molecular flexibility index (Phi) is 7.08. The number of benzene rings is 2. The lowest BCUT2D eigenvalue weighted by Gasteiger charge is -2.18. The molecule has 2 heterocycles. The largest absolute Gasteiger partial charge is 0.431 e. The van der Waals surface area contributed by atoms with E-state index in [0.717, 1.165) is 47.6 Å². The van der Waals surface area contributed by atoms with E-state index in [4.69, 9.17) is 11.6 Å². The summed E-state index contributed by atoms with van der Waals surface area (Å²) in [6, 6.07) is 7.84. The monoisotopic (exact) mass is 554 g/mol. The van der Waals surface area contributed by atoms with Crippen molar-refractivity contribution >= 4 is 40.1 Å². The molecule has 4 rings (SSSR count). The van der Waals surface area contributed by atoms with Crippen LogP contribution in [0.3, 0.4) is 0 Å². The second-order valence-electron chi connectivity index (χ2n) is 8.46. The molecule has 3 aromatic rings. The average Bonchev–Trinajstić information content (AvgIpc) is 3.11. The van der Waals surface area contributed by atoms with Crippen LogP contribution < -0.4 is 11.2 Å². The molecule has 7 nitrogen and oxygen atoms in total. The molecule has 37 heavy (non-hydrogen) atoms. The number of amides is 1. The van der Waals surface area contributed by atoms with Crippen molar-refractivity contribution in [1.82, 2.24) is 14.0 Å². The molecule has 1 saturated heterocycles. The normalized spacial score (nSPS) is 15.2. The second kappa shape index (κ2) is 9.82. The third-order valence-electron chi connectivity index (χ3n) is 5.56. The molecular formula is C24H19ClF4N4O3S. The highest BCUT2D eigenvalue weighted by atomic mass is 35.5. The summed E-state index contributed by atoms with van der Waals surface area (Å²) >= 11 is 7.29. The van der Waals surface area contributed by atoms with Crippen LogP contribution in [0.5, 0.6) is 0 Å². The lowest BCUT2D eigenvalue weighted by Crippen LogP contribution is -2.41. The van der Waals surface area contributed by atoms with Crippen LogP contribution in [-0.4, -0.2) is 30.9 Å². The number of halogens is 5. The molecule has 0 bridgehead atoms.